The van der Waals surface area contributed by atoms with Crippen LogP contribution < -0.4 is 11.1 Å². The average molecular weight is 286 g/mol. The fraction of sp³-hybridized carbons (Fsp3) is 0.933. The predicted octanol–water partition coefficient (Wildman–Crippen LogP) is 1.45. The Bertz CT molecular complexity index is 293. The normalized spacial score (nSPS) is 21.4. The molecular weight excluding hydrogens is 256 g/mol. The van der Waals surface area contributed by atoms with Crippen molar-refractivity contribution >= 4 is 5.91 Å². The first-order valence-corrected chi connectivity index (χ1v) is 7.72. The third-order valence-corrected chi connectivity index (χ3v) is 3.96. The summed E-state index contributed by atoms with van der Waals surface area (Å²) in [5, 5.41) is 3.24. The van der Waals surface area contributed by atoms with Crippen molar-refractivity contribution in [3.8, 4) is 0 Å². The van der Waals surface area contributed by atoms with Gasteiger partial charge in [-0.3, -0.25) is 4.79 Å². The molecule has 1 aliphatic rings. The Morgan fingerprint density at radius 3 is 2.70 bits per heavy atom. The van der Waals surface area contributed by atoms with E-state index < -0.39 is 5.54 Å². The van der Waals surface area contributed by atoms with Crippen molar-refractivity contribution < 1.29 is 14.3 Å². The molecule has 0 spiro atoms. The van der Waals surface area contributed by atoms with Gasteiger partial charge in [-0.25, -0.2) is 0 Å². The van der Waals surface area contributed by atoms with Gasteiger partial charge in [-0.05, 0) is 45.6 Å². The summed E-state index contributed by atoms with van der Waals surface area (Å²) < 4.78 is 11.2. The van der Waals surface area contributed by atoms with Crippen molar-refractivity contribution in [1.82, 2.24) is 5.32 Å². The van der Waals surface area contributed by atoms with Gasteiger partial charge in [-0.15, -0.1) is 0 Å². The Hall–Kier alpha value is -0.650. The molecule has 0 aromatic carbocycles. The first-order valence-electron chi connectivity index (χ1n) is 7.72. The topological polar surface area (TPSA) is 73.6 Å². The molecule has 1 rings (SSSR count). The number of hydrogen-bond donors (Lipinski definition) is 2. The molecule has 1 saturated heterocycles. The van der Waals surface area contributed by atoms with Crippen LogP contribution in [0.25, 0.3) is 0 Å². The maximum absolute atomic E-state index is 11.7. The lowest BCUT2D eigenvalue weighted by Gasteiger charge is -2.31. The molecule has 5 heteroatoms. The molecular formula is C15H30N2O3. The van der Waals surface area contributed by atoms with Crippen molar-refractivity contribution in [2.75, 3.05) is 26.4 Å². The van der Waals surface area contributed by atoms with Gasteiger partial charge in [0.15, 0.2) is 0 Å². The van der Waals surface area contributed by atoms with Crippen molar-refractivity contribution in [3.05, 3.63) is 0 Å². The van der Waals surface area contributed by atoms with Gasteiger partial charge < -0.3 is 20.5 Å². The number of hydrogen-bond acceptors (Lipinski definition) is 4. The molecule has 1 fully saturated rings. The highest BCUT2D eigenvalue weighted by Crippen LogP contribution is 2.19. The lowest BCUT2D eigenvalue weighted by molar-refractivity contribution is -0.125. The first-order chi connectivity index (χ1) is 9.48. The molecule has 0 bridgehead atoms. The number of carbonyl (C=O) groups excluding carboxylic acids is 1. The Morgan fingerprint density at radius 2 is 2.15 bits per heavy atom. The van der Waals surface area contributed by atoms with Crippen LogP contribution in [0.4, 0.5) is 0 Å². The molecule has 2 unspecified atom stereocenters. The van der Waals surface area contributed by atoms with Crippen molar-refractivity contribution in [3.63, 3.8) is 0 Å². The molecule has 2 atom stereocenters. The van der Waals surface area contributed by atoms with Gasteiger partial charge in [0.1, 0.15) is 0 Å². The average Bonchev–Trinajstić information content (AvgIpc) is 2.44. The van der Waals surface area contributed by atoms with Crippen molar-refractivity contribution in [2.24, 2.45) is 11.7 Å². The second-order valence-electron chi connectivity index (χ2n) is 6.03. The van der Waals surface area contributed by atoms with Crippen LogP contribution in [-0.2, 0) is 14.3 Å². The summed E-state index contributed by atoms with van der Waals surface area (Å²) in [4.78, 5) is 11.7. The number of nitrogens with one attached hydrogen (secondary N) is 1. The summed E-state index contributed by atoms with van der Waals surface area (Å²) >= 11 is 0. The minimum Gasteiger partial charge on any atom is -0.381 e. The number of nitrogens with two attached hydrogens (primary N) is 1. The zero-order chi connectivity index (χ0) is 15.0. The first kappa shape index (κ1) is 17.4. The van der Waals surface area contributed by atoms with E-state index in [2.05, 4.69) is 12.2 Å². The lowest BCUT2D eigenvalue weighted by Crippen LogP contribution is -2.55. The fourth-order valence-electron chi connectivity index (χ4n) is 2.51. The Labute approximate surface area is 122 Å². The molecule has 0 aliphatic carbocycles. The largest absolute Gasteiger partial charge is 0.381 e. The van der Waals surface area contributed by atoms with Gasteiger partial charge in [0.25, 0.3) is 0 Å². The van der Waals surface area contributed by atoms with E-state index in [0.717, 1.165) is 45.6 Å². The number of rotatable bonds is 9. The molecule has 0 saturated carbocycles. The quantitative estimate of drug-likeness (QED) is 0.673. The van der Waals surface area contributed by atoms with E-state index in [9.17, 15) is 4.79 Å². The Balaban J connectivity index is 2.36. The van der Waals surface area contributed by atoms with Gasteiger partial charge in [0.2, 0.25) is 5.91 Å². The van der Waals surface area contributed by atoms with Crippen LogP contribution in [0.15, 0.2) is 0 Å². The van der Waals surface area contributed by atoms with E-state index >= 15 is 0 Å². The number of primary amides is 1. The molecule has 3 N–H and O–H groups in total. The zero-order valence-corrected chi connectivity index (χ0v) is 13.1. The molecule has 20 heavy (non-hydrogen) atoms. The highest BCUT2D eigenvalue weighted by atomic mass is 16.5. The van der Waals surface area contributed by atoms with Crippen LogP contribution in [0.2, 0.25) is 0 Å². The van der Waals surface area contributed by atoms with Crippen LogP contribution in [0.5, 0.6) is 0 Å². The minimum absolute atomic E-state index is 0.0136. The molecule has 1 heterocycles. The van der Waals surface area contributed by atoms with Gasteiger partial charge >= 0.3 is 0 Å². The van der Waals surface area contributed by atoms with Crippen LogP contribution in [0.3, 0.4) is 0 Å². The SMILES string of the molecule is CCCNC(C)(CC(C)OCC1CCOCC1)C(N)=O. The van der Waals surface area contributed by atoms with Gasteiger partial charge in [0.05, 0.1) is 11.6 Å². The summed E-state index contributed by atoms with van der Waals surface area (Å²) in [7, 11) is 0. The second kappa shape index (κ2) is 8.60. The summed E-state index contributed by atoms with van der Waals surface area (Å²) in [6.45, 7) is 9.13. The van der Waals surface area contributed by atoms with E-state index in [1.165, 1.54) is 0 Å². The van der Waals surface area contributed by atoms with E-state index in [4.69, 9.17) is 15.2 Å². The zero-order valence-electron chi connectivity index (χ0n) is 13.1. The van der Waals surface area contributed by atoms with Crippen LogP contribution in [-0.4, -0.2) is 43.9 Å². The van der Waals surface area contributed by atoms with Gasteiger partial charge in [-0.2, -0.15) is 0 Å². The molecule has 1 amide bonds. The van der Waals surface area contributed by atoms with Crippen LogP contribution >= 0.6 is 0 Å². The number of amides is 1. The second-order valence-corrected chi connectivity index (χ2v) is 6.03. The molecule has 0 aromatic rings. The van der Waals surface area contributed by atoms with Gasteiger partial charge in [-0.1, -0.05) is 6.92 Å². The highest BCUT2D eigenvalue weighted by molar-refractivity contribution is 5.84. The molecule has 0 aromatic heterocycles. The summed E-state index contributed by atoms with van der Waals surface area (Å²) in [5.74, 6) is 0.266. The third kappa shape index (κ3) is 5.77. The molecule has 0 radical (unpaired) electrons. The maximum atomic E-state index is 11.7. The van der Waals surface area contributed by atoms with E-state index in [0.29, 0.717) is 12.3 Å². The summed E-state index contributed by atoms with van der Waals surface area (Å²) in [5.41, 5.74) is 4.84. The van der Waals surface area contributed by atoms with Crippen molar-refractivity contribution in [1.29, 1.82) is 0 Å². The Kier molecular flexibility index (Phi) is 7.48. The van der Waals surface area contributed by atoms with Crippen LogP contribution in [0, 0.1) is 5.92 Å². The molecule has 5 nitrogen and oxygen atoms in total. The summed E-state index contributed by atoms with van der Waals surface area (Å²) in [6, 6.07) is 0. The summed E-state index contributed by atoms with van der Waals surface area (Å²) in [6.07, 6.45) is 3.72. The highest BCUT2D eigenvalue weighted by Gasteiger charge is 2.32. The molecule has 118 valence electrons. The maximum Gasteiger partial charge on any atom is 0.237 e. The molecule has 1 aliphatic heterocycles. The smallest absolute Gasteiger partial charge is 0.237 e. The Morgan fingerprint density at radius 1 is 1.50 bits per heavy atom. The monoisotopic (exact) mass is 286 g/mol. The standard InChI is InChI=1S/C15H30N2O3/c1-4-7-17-15(3,14(16)18)10-12(2)20-11-13-5-8-19-9-6-13/h12-13,17H,4-11H2,1-3H3,(H2,16,18). The number of ether oxygens (including phenoxy) is 2. The van der Waals surface area contributed by atoms with Crippen LogP contribution in [0.1, 0.15) is 46.5 Å². The number of carbonyl (C=O) groups is 1. The van der Waals surface area contributed by atoms with Gasteiger partial charge in [0, 0.05) is 26.2 Å². The fourth-order valence-corrected chi connectivity index (χ4v) is 2.51. The van der Waals surface area contributed by atoms with E-state index in [1.54, 1.807) is 0 Å². The third-order valence-electron chi connectivity index (χ3n) is 3.96. The predicted molar refractivity (Wildman–Crippen MR) is 79.5 cm³/mol. The van der Waals surface area contributed by atoms with Crippen molar-refractivity contribution in [2.45, 2.75) is 58.1 Å². The van der Waals surface area contributed by atoms with E-state index in [-0.39, 0.29) is 12.0 Å². The lowest BCUT2D eigenvalue weighted by atomic mass is 9.93. The minimum atomic E-state index is -0.689. The van der Waals surface area contributed by atoms with E-state index in [1.807, 2.05) is 13.8 Å².